The maximum Gasteiger partial charge on any atom is 0.252 e. The molecule has 0 spiro atoms. The average molecular weight is 663 g/mol. The Bertz CT molecular complexity index is 1700. The Labute approximate surface area is 290 Å². The predicted molar refractivity (Wildman–Crippen MR) is 193 cm³/mol. The quantitative estimate of drug-likeness (QED) is 0.239. The summed E-state index contributed by atoms with van der Waals surface area (Å²) < 4.78 is 6.20. The first-order valence-electron chi connectivity index (χ1n) is 17.9. The third-order valence-electron chi connectivity index (χ3n) is 10.2. The molecule has 3 aromatic rings. The fourth-order valence-corrected chi connectivity index (χ4v) is 7.33. The molecule has 6 rings (SSSR count). The number of aryl methyl sites for hydroxylation is 2. The Morgan fingerprint density at radius 1 is 0.918 bits per heavy atom. The minimum atomic E-state index is -0.392. The van der Waals surface area contributed by atoms with Gasteiger partial charge in [-0.25, -0.2) is 0 Å². The number of hydrogen-bond donors (Lipinski definition) is 2. The van der Waals surface area contributed by atoms with Crippen LogP contribution in [-0.4, -0.2) is 71.9 Å². The van der Waals surface area contributed by atoms with Crippen molar-refractivity contribution < 1.29 is 19.1 Å². The maximum absolute atomic E-state index is 14.7. The van der Waals surface area contributed by atoms with E-state index in [-0.39, 0.29) is 42.8 Å². The highest BCUT2D eigenvalue weighted by Crippen LogP contribution is 2.37. The van der Waals surface area contributed by atoms with Gasteiger partial charge in [0.25, 0.3) is 5.91 Å². The number of nitrogens with one attached hydrogen (secondary N) is 1. The predicted octanol–water partition coefficient (Wildman–Crippen LogP) is 5.45. The Morgan fingerprint density at radius 3 is 2.37 bits per heavy atom. The number of benzene rings is 3. The highest BCUT2D eigenvalue weighted by molar-refractivity contribution is 6.03. The summed E-state index contributed by atoms with van der Waals surface area (Å²) in [4.78, 5) is 43.2. The minimum absolute atomic E-state index is 0.0127. The van der Waals surface area contributed by atoms with Crippen LogP contribution in [0, 0.1) is 20.8 Å². The number of amides is 3. The van der Waals surface area contributed by atoms with Crippen LogP contribution in [-0.2, 0) is 27.2 Å². The summed E-state index contributed by atoms with van der Waals surface area (Å²) in [5.74, 6) is 0.639. The first-order chi connectivity index (χ1) is 23.7. The van der Waals surface area contributed by atoms with Crippen molar-refractivity contribution in [3.63, 3.8) is 0 Å². The Kier molecular flexibility index (Phi) is 10.8. The molecule has 3 aromatic carbocycles. The van der Waals surface area contributed by atoms with Crippen molar-refractivity contribution in [2.75, 3.05) is 26.2 Å². The third-order valence-corrected chi connectivity index (χ3v) is 10.2. The molecule has 1 aliphatic carbocycles. The van der Waals surface area contributed by atoms with Gasteiger partial charge in [-0.3, -0.25) is 14.4 Å². The molecule has 0 aromatic heterocycles. The Morgan fingerprint density at radius 2 is 1.65 bits per heavy atom. The lowest BCUT2D eigenvalue weighted by molar-refractivity contribution is -0.134. The highest BCUT2D eigenvalue weighted by Gasteiger charge is 2.43. The van der Waals surface area contributed by atoms with Crippen LogP contribution in [0.25, 0.3) is 5.57 Å². The molecule has 2 heterocycles. The van der Waals surface area contributed by atoms with Gasteiger partial charge in [-0.15, -0.1) is 0 Å². The van der Waals surface area contributed by atoms with E-state index in [0.29, 0.717) is 39.1 Å². The van der Waals surface area contributed by atoms with Gasteiger partial charge < -0.3 is 25.6 Å². The molecule has 0 unspecified atom stereocenters. The second kappa shape index (κ2) is 15.4. The first-order valence-corrected chi connectivity index (χ1v) is 17.9. The van der Waals surface area contributed by atoms with Crippen LogP contribution in [0.5, 0.6) is 5.75 Å². The van der Waals surface area contributed by atoms with E-state index in [1.165, 1.54) is 27.8 Å². The number of nitrogens with zero attached hydrogens (tertiary/aromatic N) is 2. The number of hydrogen-bond acceptors (Lipinski definition) is 5. The van der Waals surface area contributed by atoms with Gasteiger partial charge in [-0.05, 0) is 97.9 Å². The van der Waals surface area contributed by atoms with E-state index in [2.05, 4.69) is 79.5 Å². The second-order valence-corrected chi connectivity index (χ2v) is 14.1. The summed E-state index contributed by atoms with van der Waals surface area (Å²) >= 11 is 0. The number of primary amides is 1. The smallest absolute Gasteiger partial charge is 0.252 e. The largest absolute Gasteiger partial charge is 0.493 e. The number of ether oxygens (including phenoxy) is 1. The van der Waals surface area contributed by atoms with E-state index in [9.17, 15) is 14.4 Å². The van der Waals surface area contributed by atoms with E-state index in [1.54, 1.807) is 0 Å². The van der Waals surface area contributed by atoms with Crippen LogP contribution in [0.1, 0.15) is 71.9 Å². The van der Waals surface area contributed by atoms with Gasteiger partial charge >= 0.3 is 0 Å². The van der Waals surface area contributed by atoms with Crippen molar-refractivity contribution in [2.45, 2.75) is 90.3 Å². The molecule has 258 valence electrons. The summed E-state index contributed by atoms with van der Waals surface area (Å²) in [6, 6.07) is 23.3. The van der Waals surface area contributed by atoms with E-state index in [4.69, 9.17) is 10.5 Å². The molecular formula is C41H50N4O4. The zero-order valence-corrected chi connectivity index (χ0v) is 29.2. The summed E-state index contributed by atoms with van der Waals surface area (Å²) in [5, 5.41) is 3.71. The molecule has 49 heavy (non-hydrogen) atoms. The second-order valence-electron chi connectivity index (χ2n) is 14.1. The van der Waals surface area contributed by atoms with Crippen LogP contribution in [0.2, 0.25) is 0 Å². The van der Waals surface area contributed by atoms with Crippen molar-refractivity contribution in [1.82, 2.24) is 15.1 Å². The van der Waals surface area contributed by atoms with Crippen LogP contribution >= 0.6 is 0 Å². The Balaban J connectivity index is 1.23. The summed E-state index contributed by atoms with van der Waals surface area (Å²) in [6.07, 6.45) is 5.21. The first kappa shape index (κ1) is 34.4. The van der Waals surface area contributed by atoms with Crippen LogP contribution in [0.4, 0.5) is 0 Å². The average Bonchev–Trinajstić information content (AvgIpc) is 3.92. The molecule has 2 atom stereocenters. The van der Waals surface area contributed by atoms with Gasteiger partial charge in [0, 0.05) is 56.6 Å². The SMILES string of the molecule is Cc1cc(C)c(C)c(OCCc2ccc(C3=C(C(=O)N(CCc4ccccc4)C4CC4)[C@H]4CN(C(=O)CCCC(N)=O)C[C@@H](C3)N4)cc2)c1. The van der Waals surface area contributed by atoms with Crippen molar-refractivity contribution in [3.8, 4) is 5.75 Å². The number of rotatable bonds is 14. The topological polar surface area (TPSA) is 105 Å². The normalized spacial score (nSPS) is 18.7. The van der Waals surface area contributed by atoms with Gasteiger partial charge in [-0.2, -0.15) is 0 Å². The Hall–Kier alpha value is -4.43. The summed E-state index contributed by atoms with van der Waals surface area (Å²) in [6.45, 7) is 8.57. The number of carbonyl (C=O) groups is 3. The molecule has 3 amide bonds. The number of piperazine rings is 1. The van der Waals surface area contributed by atoms with E-state index in [1.807, 2.05) is 23.1 Å². The van der Waals surface area contributed by atoms with Gasteiger partial charge in [0.05, 0.1) is 12.6 Å². The molecule has 2 fully saturated rings. The maximum atomic E-state index is 14.7. The molecule has 3 N–H and O–H groups in total. The lowest BCUT2D eigenvalue weighted by Gasteiger charge is -2.45. The van der Waals surface area contributed by atoms with Crippen molar-refractivity contribution >= 4 is 23.3 Å². The fraction of sp³-hybridized carbons (Fsp3) is 0.439. The van der Waals surface area contributed by atoms with Gasteiger partial charge in [0.2, 0.25) is 11.8 Å². The van der Waals surface area contributed by atoms with Crippen molar-refractivity contribution in [2.24, 2.45) is 5.73 Å². The fourth-order valence-electron chi connectivity index (χ4n) is 7.33. The number of fused-ring (bicyclic) bond motifs is 2. The number of carbonyl (C=O) groups excluding carboxylic acids is 3. The lowest BCUT2D eigenvalue weighted by Crippen LogP contribution is -2.62. The van der Waals surface area contributed by atoms with E-state index >= 15 is 0 Å². The molecule has 0 radical (unpaired) electrons. The molecule has 8 heteroatoms. The minimum Gasteiger partial charge on any atom is -0.493 e. The van der Waals surface area contributed by atoms with E-state index in [0.717, 1.165) is 48.1 Å². The van der Waals surface area contributed by atoms with Gasteiger partial charge in [0.15, 0.2) is 0 Å². The third kappa shape index (κ3) is 8.60. The summed E-state index contributed by atoms with van der Waals surface area (Å²) in [7, 11) is 0. The molecule has 3 aliphatic rings. The van der Waals surface area contributed by atoms with Crippen LogP contribution in [0.15, 0.2) is 72.3 Å². The summed E-state index contributed by atoms with van der Waals surface area (Å²) in [5.41, 5.74) is 14.3. The zero-order valence-electron chi connectivity index (χ0n) is 29.2. The van der Waals surface area contributed by atoms with Crippen molar-refractivity contribution in [1.29, 1.82) is 0 Å². The molecule has 8 nitrogen and oxygen atoms in total. The highest BCUT2D eigenvalue weighted by atomic mass is 16.5. The zero-order chi connectivity index (χ0) is 34.5. The van der Waals surface area contributed by atoms with Gasteiger partial charge in [-0.1, -0.05) is 60.7 Å². The van der Waals surface area contributed by atoms with Crippen LogP contribution in [0.3, 0.4) is 0 Å². The molecule has 2 aliphatic heterocycles. The molecule has 2 bridgehead atoms. The van der Waals surface area contributed by atoms with Crippen molar-refractivity contribution in [3.05, 3.63) is 106 Å². The van der Waals surface area contributed by atoms with Gasteiger partial charge in [0.1, 0.15) is 5.75 Å². The molecule has 1 saturated carbocycles. The lowest BCUT2D eigenvalue weighted by atomic mass is 9.82. The number of nitrogens with two attached hydrogens (primary N) is 1. The molecule has 1 saturated heterocycles. The van der Waals surface area contributed by atoms with Crippen LogP contribution < -0.4 is 15.8 Å². The monoisotopic (exact) mass is 662 g/mol. The standard InChI is InChI=1S/C41H50N4O4/c1-27-22-28(2)29(3)37(23-27)49-21-19-31-12-14-32(15-13-31)35-24-33-25-44(39(47)11-7-10-38(42)46)26-36(43-33)40(35)41(48)45(34-16-17-34)20-18-30-8-5-4-6-9-30/h4-6,8-9,12-15,22-23,33-34,36,43H,7,10-11,16-21,24-26H2,1-3H3,(H2,42,46)/t33-,36-/m1/s1. The molecular weight excluding hydrogens is 612 g/mol. The van der Waals surface area contributed by atoms with E-state index < -0.39 is 5.91 Å².